The number of aromatic nitrogens is 5. The van der Waals surface area contributed by atoms with Crippen LogP contribution in [0.5, 0.6) is 6.01 Å². The minimum Gasteiger partial charge on any atom is -0.462 e. The average molecular weight is 667 g/mol. The van der Waals surface area contributed by atoms with Gasteiger partial charge >= 0.3 is 6.01 Å². The van der Waals surface area contributed by atoms with Gasteiger partial charge in [0.15, 0.2) is 0 Å². The fourth-order valence-corrected chi connectivity index (χ4v) is 7.48. The lowest BCUT2D eigenvalue weighted by atomic mass is 10.0. The highest BCUT2D eigenvalue weighted by Crippen LogP contribution is 2.37. The summed E-state index contributed by atoms with van der Waals surface area (Å²) in [7, 11) is 2.13. The van der Waals surface area contributed by atoms with Gasteiger partial charge in [-0.3, -0.25) is 4.79 Å². The summed E-state index contributed by atoms with van der Waals surface area (Å²) in [6.07, 6.45) is 6.14. The number of rotatable bonds is 9. The van der Waals surface area contributed by atoms with E-state index in [0.29, 0.717) is 50.4 Å². The standard InChI is InChI=1S/C35H39ClN10O2/c1-24(18-45-23-38-22-39-45)34(47)46-17-16-44(19-26(46)11-13-37)33-28-12-15-43(31-10-4-7-25-6-3-9-29(36)32(25)31)20-30(28)40-35(41-33)48-21-27-8-5-14-42(27)2/h3-4,6-7,9-10,22-23,26-27H,1,5,8,11-12,14-21H2,2H3/t26-,27-/m0/s1. The van der Waals surface area contributed by atoms with Gasteiger partial charge in [0.25, 0.3) is 5.91 Å². The van der Waals surface area contributed by atoms with Crippen molar-refractivity contribution in [2.24, 2.45) is 0 Å². The lowest BCUT2D eigenvalue weighted by Crippen LogP contribution is -2.56. The molecular weight excluding hydrogens is 628 g/mol. The molecule has 48 heavy (non-hydrogen) atoms. The number of fused-ring (bicyclic) bond motifs is 2. The summed E-state index contributed by atoms with van der Waals surface area (Å²) in [6, 6.07) is 14.9. The highest BCUT2D eigenvalue weighted by molar-refractivity contribution is 6.36. The molecule has 2 atom stereocenters. The molecule has 248 valence electrons. The molecule has 0 unspecified atom stereocenters. The molecule has 0 saturated carbocycles. The van der Waals surface area contributed by atoms with Crippen LogP contribution in [0.3, 0.4) is 0 Å². The molecule has 0 bridgehead atoms. The third-order valence-corrected chi connectivity index (χ3v) is 10.1. The number of nitriles is 1. The third-order valence-electron chi connectivity index (χ3n) is 9.76. The molecule has 13 heteroatoms. The lowest BCUT2D eigenvalue weighted by molar-refractivity contribution is -0.130. The Hall–Kier alpha value is -4.73. The molecule has 0 radical (unpaired) electrons. The van der Waals surface area contributed by atoms with Crippen LogP contribution in [-0.4, -0.2) is 98.9 Å². The van der Waals surface area contributed by atoms with Gasteiger partial charge < -0.3 is 24.3 Å². The van der Waals surface area contributed by atoms with E-state index in [0.717, 1.165) is 70.9 Å². The predicted molar refractivity (Wildman–Crippen MR) is 184 cm³/mol. The molecular formula is C35H39ClN10O2. The summed E-state index contributed by atoms with van der Waals surface area (Å²) in [5, 5.41) is 16.7. The number of nitrogens with zero attached hydrogens (tertiary/aromatic N) is 10. The molecule has 2 saturated heterocycles. The molecule has 0 aliphatic carbocycles. The monoisotopic (exact) mass is 666 g/mol. The van der Waals surface area contributed by atoms with Crippen LogP contribution in [0.4, 0.5) is 11.5 Å². The number of likely N-dealkylation sites (tertiary alicyclic amines) is 1. The van der Waals surface area contributed by atoms with Gasteiger partial charge in [0.05, 0.1) is 42.3 Å². The maximum Gasteiger partial charge on any atom is 0.318 e. The first-order valence-corrected chi connectivity index (χ1v) is 16.9. The lowest BCUT2D eigenvalue weighted by Gasteiger charge is -2.42. The minimum atomic E-state index is -0.330. The Kier molecular flexibility index (Phi) is 9.15. The summed E-state index contributed by atoms with van der Waals surface area (Å²) < 4.78 is 7.90. The van der Waals surface area contributed by atoms with Crippen LogP contribution in [0.25, 0.3) is 10.8 Å². The summed E-state index contributed by atoms with van der Waals surface area (Å²) in [5.74, 6) is 0.645. The Morgan fingerprint density at radius 1 is 1.10 bits per heavy atom. The van der Waals surface area contributed by atoms with Crippen molar-refractivity contribution in [2.45, 2.75) is 50.9 Å². The summed E-state index contributed by atoms with van der Waals surface area (Å²) >= 11 is 6.73. The van der Waals surface area contributed by atoms with E-state index in [4.69, 9.17) is 26.3 Å². The second kappa shape index (κ2) is 13.8. The summed E-state index contributed by atoms with van der Waals surface area (Å²) in [6.45, 7) is 8.65. The number of hydrogen-bond donors (Lipinski definition) is 0. The Balaban J connectivity index is 1.17. The second-order valence-corrected chi connectivity index (χ2v) is 13.2. The van der Waals surface area contributed by atoms with Crippen molar-refractivity contribution >= 4 is 39.8 Å². The van der Waals surface area contributed by atoms with Gasteiger partial charge in [0, 0.05) is 54.4 Å². The number of halogens is 1. The van der Waals surface area contributed by atoms with Crippen molar-refractivity contribution in [3.8, 4) is 12.1 Å². The van der Waals surface area contributed by atoms with Crippen molar-refractivity contribution in [1.29, 1.82) is 5.26 Å². The Morgan fingerprint density at radius 2 is 1.96 bits per heavy atom. The number of carbonyl (C=O) groups is 1. The Bertz CT molecular complexity index is 1850. The van der Waals surface area contributed by atoms with Crippen molar-refractivity contribution in [2.75, 3.05) is 56.2 Å². The molecule has 1 amide bonds. The minimum absolute atomic E-state index is 0.177. The zero-order chi connectivity index (χ0) is 33.2. The topological polar surface area (TPSA) is 120 Å². The molecule has 4 aromatic rings. The van der Waals surface area contributed by atoms with E-state index in [-0.39, 0.29) is 24.9 Å². The number of amides is 1. The van der Waals surface area contributed by atoms with Gasteiger partial charge in [-0.05, 0) is 50.4 Å². The van der Waals surface area contributed by atoms with E-state index in [9.17, 15) is 10.1 Å². The largest absolute Gasteiger partial charge is 0.462 e. The number of likely N-dealkylation sites (N-methyl/N-ethyl adjacent to an activating group) is 1. The molecule has 7 rings (SSSR count). The van der Waals surface area contributed by atoms with E-state index in [1.165, 1.54) is 6.33 Å². The molecule has 5 heterocycles. The predicted octanol–water partition coefficient (Wildman–Crippen LogP) is 4.10. The van der Waals surface area contributed by atoms with Crippen molar-refractivity contribution in [3.05, 3.63) is 77.5 Å². The van der Waals surface area contributed by atoms with E-state index < -0.39 is 0 Å². The van der Waals surface area contributed by atoms with Crippen LogP contribution in [0.1, 0.15) is 30.5 Å². The molecule has 0 spiro atoms. The van der Waals surface area contributed by atoms with Gasteiger partial charge in [0.2, 0.25) is 0 Å². The van der Waals surface area contributed by atoms with Crippen molar-refractivity contribution < 1.29 is 9.53 Å². The van der Waals surface area contributed by atoms with Gasteiger partial charge in [-0.15, -0.1) is 0 Å². The van der Waals surface area contributed by atoms with Crippen LogP contribution in [0.15, 0.2) is 61.2 Å². The zero-order valence-electron chi connectivity index (χ0n) is 27.1. The molecule has 2 aromatic heterocycles. The Morgan fingerprint density at radius 3 is 2.73 bits per heavy atom. The molecule has 2 aromatic carbocycles. The highest BCUT2D eigenvalue weighted by Gasteiger charge is 2.35. The number of ether oxygens (including phenoxy) is 1. The van der Waals surface area contributed by atoms with Crippen LogP contribution < -0.4 is 14.5 Å². The summed E-state index contributed by atoms with van der Waals surface area (Å²) in [4.78, 5) is 36.1. The maximum absolute atomic E-state index is 13.5. The van der Waals surface area contributed by atoms with Gasteiger partial charge in [0.1, 0.15) is 25.1 Å². The first-order valence-electron chi connectivity index (χ1n) is 16.5. The quantitative estimate of drug-likeness (QED) is 0.242. The van der Waals surface area contributed by atoms with E-state index in [2.05, 4.69) is 68.7 Å². The van der Waals surface area contributed by atoms with Gasteiger partial charge in [-0.25, -0.2) is 9.67 Å². The first kappa shape index (κ1) is 31.8. The van der Waals surface area contributed by atoms with Crippen molar-refractivity contribution in [3.63, 3.8) is 0 Å². The number of carbonyl (C=O) groups excluding carboxylic acids is 1. The molecule has 12 nitrogen and oxygen atoms in total. The normalized spacial score (nSPS) is 19.7. The second-order valence-electron chi connectivity index (χ2n) is 12.8. The Labute approximate surface area is 285 Å². The zero-order valence-corrected chi connectivity index (χ0v) is 27.9. The molecule has 3 aliphatic heterocycles. The fraction of sp³-hybridized carbons (Fsp3) is 0.429. The van der Waals surface area contributed by atoms with E-state index in [1.807, 2.05) is 12.1 Å². The van der Waals surface area contributed by atoms with Crippen molar-refractivity contribution in [1.82, 2.24) is 34.5 Å². The van der Waals surface area contributed by atoms with Crippen LogP contribution in [0, 0.1) is 11.3 Å². The van der Waals surface area contributed by atoms with Crippen LogP contribution in [-0.2, 0) is 24.3 Å². The van der Waals surface area contributed by atoms with Gasteiger partial charge in [-0.1, -0.05) is 42.4 Å². The number of anilines is 2. The third kappa shape index (κ3) is 6.40. The highest BCUT2D eigenvalue weighted by atomic mass is 35.5. The van der Waals surface area contributed by atoms with Crippen LogP contribution in [0.2, 0.25) is 5.02 Å². The first-order chi connectivity index (χ1) is 23.4. The summed E-state index contributed by atoms with van der Waals surface area (Å²) in [5.41, 5.74) is 3.47. The molecule has 2 fully saturated rings. The van der Waals surface area contributed by atoms with E-state index >= 15 is 0 Å². The van der Waals surface area contributed by atoms with Crippen LogP contribution >= 0.6 is 11.6 Å². The maximum atomic E-state index is 13.5. The average Bonchev–Trinajstić information content (AvgIpc) is 3.77. The smallest absolute Gasteiger partial charge is 0.318 e. The van der Waals surface area contributed by atoms with E-state index in [1.54, 1.807) is 15.9 Å². The molecule has 0 N–H and O–H groups in total. The molecule has 3 aliphatic rings. The number of piperazine rings is 1. The number of hydrogen-bond acceptors (Lipinski definition) is 10. The SMILES string of the molecule is C=C(Cn1cncn1)C(=O)N1CCN(c2nc(OC[C@@H]3CCCN3C)nc3c2CCN(c2cccc4cccc(Cl)c24)C3)C[C@@H]1CC#N. The van der Waals surface area contributed by atoms with Gasteiger partial charge in [-0.2, -0.15) is 20.3 Å². The number of benzene rings is 2. The fourth-order valence-electron chi connectivity index (χ4n) is 7.20.